The van der Waals surface area contributed by atoms with Crippen molar-refractivity contribution in [3.8, 4) is 5.75 Å². The van der Waals surface area contributed by atoms with E-state index in [4.69, 9.17) is 0 Å². The number of aryl methyl sites for hydroxylation is 2. The number of nitrogens with one attached hydrogen (secondary N) is 1. The largest absolute Gasteiger partial charge is 0.507 e. The Morgan fingerprint density at radius 3 is 2.20 bits per heavy atom. The third-order valence-electron chi connectivity index (χ3n) is 4.15. The van der Waals surface area contributed by atoms with Crippen molar-refractivity contribution in [2.75, 3.05) is 18.0 Å². The van der Waals surface area contributed by atoms with Gasteiger partial charge >= 0.3 is 0 Å². The molecule has 0 bridgehead atoms. The molecule has 0 fully saturated rings. The number of benzene rings is 2. The molecule has 0 saturated carbocycles. The Kier molecular flexibility index (Phi) is 6.17. The van der Waals surface area contributed by atoms with E-state index in [9.17, 15) is 9.90 Å². The van der Waals surface area contributed by atoms with E-state index in [2.05, 4.69) is 29.3 Å². The summed E-state index contributed by atoms with van der Waals surface area (Å²) in [5.41, 5.74) is 6.57. The van der Waals surface area contributed by atoms with Gasteiger partial charge in [-0.25, -0.2) is 5.43 Å². The third-order valence-corrected chi connectivity index (χ3v) is 4.15. The van der Waals surface area contributed by atoms with Crippen LogP contribution >= 0.6 is 0 Å². The van der Waals surface area contributed by atoms with Gasteiger partial charge in [0.2, 0.25) is 0 Å². The second-order valence-electron chi connectivity index (χ2n) is 5.92. The summed E-state index contributed by atoms with van der Waals surface area (Å²) < 4.78 is 0. The average Bonchev–Trinajstić information content (AvgIpc) is 2.61. The van der Waals surface area contributed by atoms with E-state index in [0.717, 1.165) is 35.5 Å². The fourth-order valence-corrected chi connectivity index (χ4v) is 2.71. The van der Waals surface area contributed by atoms with Crippen molar-refractivity contribution in [3.05, 3.63) is 58.7 Å². The van der Waals surface area contributed by atoms with Crippen LogP contribution in [0, 0.1) is 13.8 Å². The predicted octanol–water partition coefficient (Wildman–Crippen LogP) is 3.62. The summed E-state index contributed by atoms with van der Waals surface area (Å²) in [6, 6.07) is 11.1. The maximum atomic E-state index is 12.2. The van der Waals surface area contributed by atoms with Crippen LogP contribution in [0.25, 0.3) is 0 Å². The van der Waals surface area contributed by atoms with Gasteiger partial charge in [0, 0.05) is 24.3 Å². The zero-order valence-electron chi connectivity index (χ0n) is 15.2. The van der Waals surface area contributed by atoms with Crippen LogP contribution in [-0.2, 0) is 0 Å². The number of anilines is 1. The van der Waals surface area contributed by atoms with E-state index >= 15 is 0 Å². The van der Waals surface area contributed by atoms with Gasteiger partial charge < -0.3 is 10.0 Å². The smallest absolute Gasteiger partial charge is 0.271 e. The summed E-state index contributed by atoms with van der Waals surface area (Å²) in [5, 5.41) is 13.8. The summed E-state index contributed by atoms with van der Waals surface area (Å²) >= 11 is 0. The highest BCUT2D eigenvalue weighted by Crippen LogP contribution is 2.22. The van der Waals surface area contributed by atoms with Crippen LogP contribution in [-0.4, -0.2) is 30.3 Å². The molecule has 2 aromatic rings. The lowest BCUT2D eigenvalue weighted by Gasteiger charge is -2.20. The molecule has 2 aromatic carbocycles. The van der Waals surface area contributed by atoms with E-state index in [1.165, 1.54) is 0 Å². The Bertz CT molecular complexity index is 740. The number of rotatable bonds is 6. The van der Waals surface area contributed by atoms with Crippen molar-refractivity contribution in [2.24, 2.45) is 5.10 Å². The SMILES string of the molecule is CCN(CC)c1ccc(C(=O)N/N=C/c2cc(C)c(O)c(C)c2)cc1. The van der Waals surface area contributed by atoms with Crippen LogP contribution in [0.4, 0.5) is 5.69 Å². The minimum atomic E-state index is -0.255. The van der Waals surface area contributed by atoms with E-state index < -0.39 is 0 Å². The normalized spacial score (nSPS) is 10.9. The zero-order valence-corrected chi connectivity index (χ0v) is 15.2. The number of carbonyl (C=O) groups excluding carboxylic acids is 1. The molecule has 132 valence electrons. The average molecular weight is 339 g/mol. The lowest BCUT2D eigenvalue weighted by molar-refractivity contribution is 0.0955. The number of hydrogen-bond donors (Lipinski definition) is 2. The van der Waals surface area contributed by atoms with Crippen molar-refractivity contribution < 1.29 is 9.90 Å². The molecule has 0 unspecified atom stereocenters. The Balaban J connectivity index is 2.02. The summed E-state index contributed by atoms with van der Waals surface area (Å²) in [5.74, 6) is 0.0315. The second-order valence-corrected chi connectivity index (χ2v) is 5.92. The maximum Gasteiger partial charge on any atom is 0.271 e. The Labute approximate surface area is 149 Å². The molecule has 0 aliphatic rings. The Hall–Kier alpha value is -2.82. The molecule has 25 heavy (non-hydrogen) atoms. The first-order valence-electron chi connectivity index (χ1n) is 8.44. The summed E-state index contributed by atoms with van der Waals surface area (Å²) in [4.78, 5) is 14.4. The van der Waals surface area contributed by atoms with Crippen LogP contribution in [0.5, 0.6) is 5.75 Å². The number of phenols is 1. The number of phenolic OH excluding ortho intramolecular Hbond substituents is 1. The van der Waals surface area contributed by atoms with E-state index in [1.54, 1.807) is 18.3 Å². The van der Waals surface area contributed by atoms with Crippen LogP contribution in [0.3, 0.4) is 0 Å². The van der Waals surface area contributed by atoms with Gasteiger partial charge in [-0.2, -0.15) is 5.10 Å². The number of carbonyl (C=O) groups is 1. The molecule has 0 atom stereocenters. The number of amides is 1. The molecule has 5 nitrogen and oxygen atoms in total. The molecule has 0 radical (unpaired) electrons. The minimum Gasteiger partial charge on any atom is -0.507 e. The first-order chi connectivity index (χ1) is 12.0. The van der Waals surface area contributed by atoms with Gasteiger partial charge in [-0.1, -0.05) is 0 Å². The molecular formula is C20H25N3O2. The standard InChI is InChI=1S/C20H25N3O2/c1-5-23(6-2)18-9-7-17(8-10-18)20(25)22-21-13-16-11-14(3)19(24)15(4)12-16/h7-13,24H,5-6H2,1-4H3,(H,22,25)/b21-13+. The van der Waals surface area contributed by atoms with Crippen molar-refractivity contribution in [3.63, 3.8) is 0 Å². The monoisotopic (exact) mass is 339 g/mol. The Morgan fingerprint density at radius 2 is 1.68 bits per heavy atom. The topological polar surface area (TPSA) is 64.9 Å². The summed E-state index contributed by atoms with van der Waals surface area (Å²) in [7, 11) is 0. The first kappa shape index (κ1) is 18.5. The first-order valence-corrected chi connectivity index (χ1v) is 8.44. The molecule has 2 rings (SSSR count). The zero-order chi connectivity index (χ0) is 18.4. The van der Waals surface area contributed by atoms with Crippen LogP contribution in [0.2, 0.25) is 0 Å². The molecule has 0 spiro atoms. The van der Waals surface area contributed by atoms with E-state index in [1.807, 2.05) is 38.1 Å². The van der Waals surface area contributed by atoms with Crippen molar-refractivity contribution in [2.45, 2.75) is 27.7 Å². The van der Waals surface area contributed by atoms with Gasteiger partial charge in [0.1, 0.15) is 5.75 Å². The Morgan fingerprint density at radius 1 is 1.12 bits per heavy atom. The number of hydrogen-bond acceptors (Lipinski definition) is 4. The molecule has 0 aliphatic carbocycles. The predicted molar refractivity (Wildman–Crippen MR) is 103 cm³/mol. The molecule has 2 N–H and O–H groups in total. The van der Waals surface area contributed by atoms with Crippen LogP contribution in [0.15, 0.2) is 41.5 Å². The molecule has 5 heteroatoms. The fourth-order valence-electron chi connectivity index (χ4n) is 2.71. The highest BCUT2D eigenvalue weighted by atomic mass is 16.3. The third kappa shape index (κ3) is 4.59. The van der Waals surface area contributed by atoms with Gasteiger partial charge in [0.05, 0.1) is 6.21 Å². The highest BCUT2D eigenvalue weighted by molar-refractivity contribution is 5.95. The lowest BCUT2D eigenvalue weighted by atomic mass is 10.1. The van der Waals surface area contributed by atoms with Crippen molar-refractivity contribution >= 4 is 17.8 Å². The van der Waals surface area contributed by atoms with Crippen molar-refractivity contribution in [1.29, 1.82) is 0 Å². The second kappa shape index (κ2) is 8.33. The van der Waals surface area contributed by atoms with Crippen molar-refractivity contribution in [1.82, 2.24) is 5.43 Å². The number of hydrazone groups is 1. The van der Waals surface area contributed by atoms with Gasteiger partial charge in [0.25, 0.3) is 5.91 Å². The number of aromatic hydroxyl groups is 1. The molecule has 1 amide bonds. The number of nitrogens with zero attached hydrogens (tertiary/aromatic N) is 2. The van der Waals surface area contributed by atoms with Gasteiger partial charge in [-0.15, -0.1) is 0 Å². The van der Waals surface area contributed by atoms with Gasteiger partial charge in [-0.05, 0) is 80.8 Å². The fraction of sp³-hybridized carbons (Fsp3) is 0.300. The highest BCUT2D eigenvalue weighted by Gasteiger charge is 2.07. The molecule has 0 aromatic heterocycles. The minimum absolute atomic E-state index is 0.255. The van der Waals surface area contributed by atoms with E-state index in [0.29, 0.717) is 5.56 Å². The van der Waals surface area contributed by atoms with Gasteiger partial charge in [0.15, 0.2) is 0 Å². The lowest BCUT2D eigenvalue weighted by Crippen LogP contribution is -2.22. The molecule has 0 aliphatic heterocycles. The molecular weight excluding hydrogens is 314 g/mol. The quantitative estimate of drug-likeness (QED) is 0.624. The summed E-state index contributed by atoms with van der Waals surface area (Å²) in [6.45, 7) is 9.72. The van der Waals surface area contributed by atoms with E-state index in [-0.39, 0.29) is 11.7 Å². The van der Waals surface area contributed by atoms with Crippen LogP contribution in [0.1, 0.15) is 40.9 Å². The van der Waals surface area contributed by atoms with Gasteiger partial charge in [-0.3, -0.25) is 4.79 Å². The molecule has 0 heterocycles. The maximum absolute atomic E-state index is 12.2. The molecule has 0 saturated heterocycles. The van der Waals surface area contributed by atoms with Crippen LogP contribution < -0.4 is 10.3 Å². The summed E-state index contributed by atoms with van der Waals surface area (Å²) in [6.07, 6.45) is 1.57.